The second-order valence-corrected chi connectivity index (χ2v) is 5.88. The first kappa shape index (κ1) is 13.3. The van der Waals surface area contributed by atoms with Gasteiger partial charge in [-0.15, -0.1) is 0 Å². The maximum absolute atomic E-state index is 12.1. The third-order valence-corrected chi connectivity index (χ3v) is 4.64. The van der Waals surface area contributed by atoms with Crippen LogP contribution < -0.4 is 10.6 Å². The van der Waals surface area contributed by atoms with Crippen LogP contribution >= 0.6 is 11.3 Å². The predicted octanol–water partition coefficient (Wildman–Crippen LogP) is 2.67. The molecule has 104 valence electrons. The Morgan fingerprint density at radius 2 is 2.25 bits per heavy atom. The Morgan fingerprint density at radius 1 is 1.40 bits per heavy atom. The summed E-state index contributed by atoms with van der Waals surface area (Å²) in [5.41, 5.74) is 4.53. The van der Waals surface area contributed by atoms with Gasteiger partial charge in [-0.25, -0.2) is 0 Å². The van der Waals surface area contributed by atoms with E-state index in [0.717, 1.165) is 24.1 Å². The van der Waals surface area contributed by atoms with Gasteiger partial charge >= 0.3 is 0 Å². The minimum absolute atomic E-state index is 0.0219. The highest BCUT2D eigenvalue weighted by Gasteiger charge is 2.20. The summed E-state index contributed by atoms with van der Waals surface area (Å²) in [6.45, 7) is 3.57. The monoisotopic (exact) mass is 286 g/mol. The van der Waals surface area contributed by atoms with Crippen LogP contribution in [0.25, 0.3) is 0 Å². The summed E-state index contributed by atoms with van der Waals surface area (Å²) in [5, 5.41) is 10.4. The van der Waals surface area contributed by atoms with E-state index in [-0.39, 0.29) is 11.9 Å². The molecule has 1 amide bonds. The Hall–Kier alpha value is -1.65. The molecule has 0 aliphatic carbocycles. The Morgan fingerprint density at radius 3 is 3.05 bits per heavy atom. The van der Waals surface area contributed by atoms with Crippen LogP contribution in [0.15, 0.2) is 35.0 Å². The minimum Gasteiger partial charge on any atom is -0.350 e. The van der Waals surface area contributed by atoms with Crippen molar-refractivity contribution < 1.29 is 4.79 Å². The van der Waals surface area contributed by atoms with E-state index < -0.39 is 0 Å². The second-order valence-electron chi connectivity index (χ2n) is 5.13. The second kappa shape index (κ2) is 5.77. The van der Waals surface area contributed by atoms with E-state index >= 15 is 0 Å². The number of amides is 1. The maximum atomic E-state index is 12.1. The molecule has 2 heterocycles. The molecular formula is C16H18N2OS. The number of carbonyl (C=O) groups excluding carboxylic acids is 1. The molecule has 0 saturated carbocycles. The van der Waals surface area contributed by atoms with Crippen molar-refractivity contribution in [1.82, 2.24) is 10.6 Å². The van der Waals surface area contributed by atoms with Gasteiger partial charge in [-0.2, -0.15) is 11.3 Å². The summed E-state index contributed by atoms with van der Waals surface area (Å²) in [6.07, 6.45) is 1.06. The lowest BCUT2D eigenvalue weighted by Crippen LogP contribution is -2.38. The van der Waals surface area contributed by atoms with Gasteiger partial charge in [0.25, 0.3) is 5.91 Å². The highest BCUT2D eigenvalue weighted by molar-refractivity contribution is 7.08. The van der Waals surface area contributed by atoms with Crippen LogP contribution in [0.4, 0.5) is 0 Å². The SMILES string of the molecule is Cc1cscc1C(=O)NCC1NCCc2ccccc21. The predicted molar refractivity (Wildman–Crippen MR) is 82.3 cm³/mol. The smallest absolute Gasteiger partial charge is 0.252 e. The van der Waals surface area contributed by atoms with Gasteiger partial charge in [-0.1, -0.05) is 24.3 Å². The quantitative estimate of drug-likeness (QED) is 0.911. The van der Waals surface area contributed by atoms with Gasteiger partial charge in [0.2, 0.25) is 0 Å². The standard InChI is InChI=1S/C16H18N2OS/c1-11-9-20-10-14(11)16(19)18-8-15-13-5-3-2-4-12(13)6-7-17-15/h2-5,9-10,15,17H,6-8H2,1H3,(H,18,19). The third kappa shape index (κ3) is 2.62. The van der Waals surface area contributed by atoms with Crippen molar-refractivity contribution in [3.8, 4) is 0 Å². The van der Waals surface area contributed by atoms with E-state index in [0.29, 0.717) is 6.54 Å². The fraction of sp³-hybridized carbons (Fsp3) is 0.312. The molecule has 1 aromatic carbocycles. The van der Waals surface area contributed by atoms with E-state index in [4.69, 9.17) is 0 Å². The average molecular weight is 286 g/mol. The van der Waals surface area contributed by atoms with Gasteiger partial charge in [0.1, 0.15) is 0 Å². The number of nitrogens with one attached hydrogen (secondary N) is 2. The van der Waals surface area contributed by atoms with Crippen molar-refractivity contribution >= 4 is 17.2 Å². The largest absolute Gasteiger partial charge is 0.350 e. The Labute approximate surface area is 123 Å². The summed E-state index contributed by atoms with van der Waals surface area (Å²) >= 11 is 1.57. The molecule has 4 heteroatoms. The first-order valence-corrected chi connectivity index (χ1v) is 7.82. The summed E-state index contributed by atoms with van der Waals surface area (Å²) in [6, 6.07) is 8.67. The van der Waals surface area contributed by atoms with Crippen molar-refractivity contribution in [2.24, 2.45) is 0 Å². The molecular weight excluding hydrogens is 268 g/mol. The van der Waals surface area contributed by atoms with Crippen LogP contribution in [-0.2, 0) is 6.42 Å². The Balaban J connectivity index is 1.68. The normalized spacial score (nSPS) is 17.6. The zero-order chi connectivity index (χ0) is 13.9. The van der Waals surface area contributed by atoms with E-state index in [9.17, 15) is 4.79 Å². The van der Waals surface area contributed by atoms with Gasteiger partial charge in [-0.3, -0.25) is 4.79 Å². The summed E-state index contributed by atoms with van der Waals surface area (Å²) in [5.74, 6) is 0.0219. The first-order chi connectivity index (χ1) is 9.75. The molecule has 3 rings (SSSR count). The van der Waals surface area contributed by atoms with Crippen LogP contribution in [0, 0.1) is 6.92 Å². The van der Waals surface area contributed by atoms with Crippen LogP contribution in [0.1, 0.15) is 33.1 Å². The van der Waals surface area contributed by atoms with Crippen LogP contribution in [0.3, 0.4) is 0 Å². The first-order valence-electron chi connectivity index (χ1n) is 6.88. The van der Waals surface area contributed by atoms with E-state index in [1.807, 2.05) is 17.7 Å². The summed E-state index contributed by atoms with van der Waals surface area (Å²) < 4.78 is 0. The molecule has 0 saturated heterocycles. The molecule has 0 fully saturated rings. The van der Waals surface area contributed by atoms with Crippen molar-refractivity contribution in [3.05, 3.63) is 57.3 Å². The van der Waals surface area contributed by atoms with Crippen molar-refractivity contribution in [3.63, 3.8) is 0 Å². The van der Waals surface area contributed by atoms with E-state index in [2.05, 4.69) is 34.9 Å². The maximum Gasteiger partial charge on any atom is 0.252 e. The van der Waals surface area contributed by atoms with Crippen LogP contribution in [0.2, 0.25) is 0 Å². The molecule has 0 radical (unpaired) electrons. The number of hydrogen-bond donors (Lipinski definition) is 2. The Bertz CT molecular complexity index is 620. The van der Waals surface area contributed by atoms with Crippen molar-refractivity contribution in [1.29, 1.82) is 0 Å². The van der Waals surface area contributed by atoms with Crippen molar-refractivity contribution in [2.45, 2.75) is 19.4 Å². The van der Waals surface area contributed by atoms with Crippen molar-refractivity contribution in [2.75, 3.05) is 13.1 Å². The number of benzene rings is 1. The van der Waals surface area contributed by atoms with Gasteiger partial charge in [0.15, 0.2) is 0 Å². The molecule has 0 bridgehead atoms. The van der Waals surface area contributed by atoms with Crippen LogP contribution in [-0.4, -0.2) is 19.0 Å². The molecule has 2 N–H and O–H groups in total. The molecule has 1 aliphatic heterocycles. The van der Waals surface area contributed by atoms with Gasteiger partial charge in [0.05, 0.1) is 5.56 Å². The number of aryl methyl sites for hydroxylation is 1. The molecule has 1 unspecified atom stereocenters. The molecule has 1 aromatic heterocycles. The van der Waals surface area contributed by atoms with Gasteiger partial charge in [0, 0.05) is 18.0 Å². The lowest BCUT2D eigenvalue weighted by atomic mass is 9.94. The number of hydrogen-bond acceptors (Lipinski definition) is 3. The topological polar surface area (TPSA) is 41.1 Å². The zero-order valence-corrected chi connectivity index (χ0v) is 12.3. The summed E-state index contributed by atoms with van der Waals surface area (Å²) in [4.78, 5) is 12.1. The zero-order valence-electron chi connectivity index (χ0n) is 11.5. The molecule has 1 atom stereocenters. The van der Waals surface area contributed by atoms with E-state index in [1.54, 1.807) is 11.3 Å². The molecule has 2 aromatic rings. The molecule has 3 nitrogen and oxygen atoms in total. The lowest BCUT2D eigenvalue weighted by Gasteiger charge is -2.27. The molecule has 20 heavy (non-hydrogen) atoms. The number of carbonyl (C=O) groups is 1. The molecule has 0 spiro atoms. The van der Waals surface area contributed by atoms with E-state index in [1.165, 1.54) is 11.1 Å². The van der Waals surface area contributed by atoms with Crippen LogP contribution in [0.5, 0.6) is 0 Å². The van der Waals surface area contributed by atoms with Gasteiger partial charge < -0.3 is 10.6 Å². The number of fused-ring (bicyclic) bond motifs is 1. The minimum atomic E-state index is 0.0219. The summed E-state index contributed by atoms with van der Waals surface area (Å²) in [7, 11) is 0. The average Bonchev–Trinajstić information content (AvgIpc) is 2.91. The highest BCUT2D eigenvalue weighted by Crippen LogP contribution is 2.22. The fourth-order valence-electron chi connectivity index (χ4n) is 2.66. The number of rotatable bonds is 3. The number of thiophene rings is 1. The lowest BCUT2D eigenvalue weighted by molar-refractivity contribution is 0.0949. The Kier molecular flexibility index (Phi) is 3.85. The highest BCUT2D eigenvalue weighted by atomic mass is 32.1. The molecule has 1 aliphatic rings. The third-order valence-electron chi connectivity index (χ3n) is 3.78. The van der Waals surface area contributed by atoms with Gasteiger partial charge in [-0.05, 0) is 42.0 Å². The fourth-order valence-corrected chi connectivity index (χ4v) is 3.49.